The molecule has 0 aliphatic rings. The Labute approximate surface area is 106 Å². The number of rotatable bonds is 11. The Balaban J connectivity index is 3.54. The molecular formula is C13H29NOS. The summed E-state index contributed by atoms with van der Waals surface area (Å²) >= 11 is 2.05. The van der Waals surface area contributed by atoms with Crippen LogP contribution in [0, 0.1) is 11.8 Å². The van der Waals surface area contributed by atoms with Crippen molar-refractivity contribution in [3.05, 3.63) is 0 Å². The normalized spacial score (nSPS) is 13.3. The standard InChI is InChI=1S/C13H29NOS/c1-5-16-10-6-7-13(12(2)3)11-14-8-9-15-4/h12-14H,5-11H2,1-4H3. The molecule has 1 unspecified atom stereocenters. The van der Waals surface area contributed by atoms with Crippen molar-refractivity contribution in [3.8, 4) is 0 Å². The molecule has 16 heavy (non-hydrogen) atoms. The van der Waals surface area contributed by atoms with Crippen LogP contribution in [0.1, 0.15) is 33.6 Å². The van der Waals surface area contributed by atoms with Crippen LogP contribution < -0.4 is 5.32 Å². The Morgan fingerprint density at radius 3 is 2.62 bits per heavy atom. The van der Waals surface area contributed by atoms with Gasteiger partial charge in [-0.3, -0.25) is 0 Å². The molecule has 0 heterocycles. The van der Waals surface area contributed by atoms with E-state index in [0.29, 0.717) is 0 Å². The number of nitrogens with one attached hydrogen (secondary N) is 1. The van der Waals surface area contributed by atoms with Gasteiger partial charge in [0.1, 0.15) is 0 Å². The van der Waals surface area contributed by atoms with E-state index in [1.807, 2.05) is 0 Å². The molecule has 2 nitrogen and oxygen atoms in total. The second kappa shape index (κ2) is 11.7. The van der Waals surface area contributed by atoms with E-state index < -0.39 is 0 Å². The third-order valence-electron chi connectivity index (χ3n) is 2.90. The first-order valence-electron chi connectivity index (χ1n) is 6.49. The molecule has 0 aromatic heterocycles. The maximum absolute atomic E-state index is 5.03. The Bertz CT molecular complexity index is 130. The zero-order valence-corrected chi connectivity index (χ0v) is 12.2. The second-order valence-corrected chi connectivity index (χ2v) is 5.93. The van der Waals surface area contributed by atoms with Crippen LogP contribution in [0.4, 0.5) is 0 Å². The highest BCUT2D eigenvalue weighted by molar-refractivity contribution is 7.99. The molecule has 0 bridgehead atoms. The summed E-state index contributed by atoms with van der Waals surface area (Å²) in [6.45, 7) is 9.82. The maximum atomic E-state index is 5.03. The monoisotopic (exact) mass is 247 g/mol. The zero-order valence-electron chi connectivity index (χ0n) is 11.4. The number of hydrogen-bond donors (Lipinski definition) is 1. The van der Waals surface area contributed by atoms with Gasteiger partial charge in [-0.05, 0) is 42.7 Å². The lowest BCUT2D eigenvalue weighted by molar-refractivity contribution is 0.195. The largest absolute Gasteiger partial charge is 0.383 e. The Morgan fingerprint density at radius 2 is 2.06 bits per heavy atom. The van der Waals surface area contributed by atoms with Crippen LogP contribution in [-0.2, 0) is 4.74 Å². The van der Waals surface area contributed by atoms with Gasteiger partial charge >= 0.3 is 0 Å². The molecular weight excluding hydrogens is 218 g/mol. The molecule has 0 saturated heterocycles. The molecule has 0 aromatic rings. The van der Waals surface area contributed by atoms with Crippen LogP contribution in [0.25, 0.3) is 0 Å². The van der Waals surface area contributed by atoms with Crippen LogP contribution >= 0.6 is 11.8 Å². The molecule has 98 valence electrons. The van der Waals surface area contributed by atoms with Crippen molar-refractivity contribution in [2.45, 2.75) is 33.6 Å². The summed E-state index contributed by atoms with van der Waals surface area (Å²) in [6, 6.07) is 0. The predicted octanol–water partition coefficient (Wildman–Crippen LogP) is 3.03. The average Bonchev–Trinajstić information content (AvgIpc) is 2.26. The fourth-order valence-electron chi connectivity index (χ4n) is 1.72. The number of thioether (sulfide) groups is 1. The summed E-state index contributed by atoms with van der Waals surface area (Å²) in [5, 5.41) is 3.48. The lowest BCUT2D eigenvalue weighted by Gasteiger charge is -2.21. The van der Waals surface area contributed by atoms with Crippen LogP contribution in [0.5, 0.6) is 0 Å². The third kappa shape index (κ3) is 9.49. The van der Waals surface area contributed by atoms with Crippen molar-refractivity contribution in [3.63, 3.8) is 0 Å². The van der Waals surface area contributed by atoms with Crippen molar-refractivity contribution in [2.24, 2.45) is 11.8 Å². The molecule has 0 amide bonds. The topological polar surface area (TPSA) is 21.3 Å². The highest BCUT2D eigenvalue weighted by Crippen LogP contribution is 2.17. The van der Waals surface area contributed by atoms with Gasteiger partial charge in [-0.1, -0.05) is 20.8 Å². The highest BCUT2D eigenvalue weighted by atomic mass is 32.2. The van der Waals surface area contributed by atoms with Crippen LogP contribution in [0.15, 0.2) is 0 Å². The van der Waals surface area contributed by atoms with Gasteiger partial charge in [0.05, 0.1) is 6.61 Å². The lowest BCUT2D eigenvalue weighted by Crippen LogP contribution is -2.28. The number of methoxy groups -OCH3 is 1. The SMILES string of the molecule is CCSCCCC(CNCCOC)C(C)C. The average molecular weight is 247 g/mol. The van der Waals surface area contributed by atoms with Crippen LogP contribution in [-0.4, -0.2) is 38.3 Å². The van der Waals surface area contributed by atoms with Crippen molar-refractivity contribution in [2.75, 3.05) is 38.3 Å². The van der Waals surface area contributed by atoms with E-state index in [1.54, 1.807) is 7.11 Å². The second-order valence-electron chi connectivity index (χ2n) is 4.54. The molecule has 3 heteroatoms. The molecule has 0 radical (unpaired) electrons. The third-order valence-corrected chi connectivity index (χ3v) is 3.89. The van der Waals surface area contributed by atoms with Gasteiger partial charge < -0.3 is 10.1 Å². The van der Waals surface area contributed by atoms with Gasteiger partial charge in [0.15, 0.2) is 0 Å². The first-order valence-corrected chi connectivity index (χ1v) is 7.65. The minimum absolute atomic E-state index is 0.779. The summed E-state index contributed by atoms with van der Waals surface area (Å²) in [5.74, 6) is 4.16. The quantitative estimate of drug-likeness (QED) is 0.567. The summed E-state index contributed by atoms with van der Waals surface area (Å²) in [5.41, 5.74) is 0. The van der Waals surface area contributed by atoms with Gasteiger partial charge in [0.2, 0.25) is 0 Å². The van der Waals surface area contributed by atoms with Crippen molar-refractivity contribution >= 4 is 11.8 Å². The van der Waals surface area contributed by atoms with Crippen molar-refractivity contribution in [1.82, 2.24) is 5.32 Å². The van der Waals surface area contributed by atoms with E-state index in [1.165, 1.54) is 24.3 Å². The predicted molar refractivity (Wildman–Crippen MR) is 75.3 cm³/mol. The van der Waals surface area contributed by atoms with Gasteiger partial charge in [0, 0.05) is 13.7 Å². The van der Waals surface area contributed by atoms with E-state index in [0.717, 1.165) is 31.5 Å². The van der Waals surface area contributed by atoms with Crippen molar-refractivity contribution in [1.29, 1.82) is 0 Å². The molecule has 0 rings (SSSR count). The Kier molecular flexibility index (Phi) is 11.9. The summed E-state index contributed by atoms with van der Waals surface area (Å²) < 4.78 is 5.03. The number of ether oxygens (including phenoxy) is 1. The first-order chi connectivity index (χ1) is 7.72. The molecule has 1 atom stereocenters. The first kappa shape index (κ1) is 16.3. The fourth-order valence-corrected chi connectivity index (χ4v) is 2.38. The smallest absolute Gasteiger partial charge is 0.0587 e. The molecule has 0 saturated carbocycles. The van der Waals surface area contributed by atoms with Gasteiger partial charge in [-0.25, -0.2) is 0 Å². The van der Waals surface area contributed by atoms with Gasteiger partial charge in [-0.15, -0.1) is 0 Å². The van der Waals surface area contributed by atoms with Gasteiger partial charge in [0.25, 0.3) is 0 Å². The summed E-state index contributed by atoms with van der Waals surface area (Å²) in [7, 11) is 1.75. The minimum atomic E-state index is 0.779. The zero-order chi connectivity index (χ0) is 12.2. The van der Waals surface area contributed by atoms with E-state index in [9.17, 15) is 0 Å². The summed E-state index contributed by atoms with van der Waals surface area (Å²) in [4.78, 5) is 0. The minimum Gasteiger partial charge on any atom is -0.383 e. The van der Waals surface area contributed by atoms with Crippen LogP contribution in [0.3, 0.4) is 0 Å². The van der Waals surface area contributed by atoms with Crippen molar-refractivity contribution < 1.29 is 4.74 Å². The molecule has 1 N–H and O–H groups in total. The molecule has 0 aromatic carbocycles. The van der Waals surface area contributed by atoms with Crippen LogP contribution in [0.2, 0.25) is 0 Å². The molecule has 0 aliphatic heterocycles. The maximum Gasteiger partial charge on any atom is 0.0587 e. The molecule has 0 spiro atoms. The molecule has 0 aliphatic carbocycles. The van der Waals surface area contributed by atoms with E-state index in [-0.39, 0.29) is 0 Å². The Morgan fingerprint density at radius 1 is 1.31 bits per heavy atom. The number of hydrogen-bond acceptors (Lipinski definition) is 3. The molecule has 0 fully saturated rings. The lowest BCUT2D eigenvalue weighted by atomic mass is 9.91. The Hall–Kier alpha value is 0.270. The fraction of sp³-hybridized carbons (Fsp3) is 1.00. The van der Waals surface area contributed by atoms with E-state index in [2.05, 4.69) is 37.8 Å². The van der Waals surface area contributed by atoms with E-state index in [4.69, 9.17) is 4.74 Å². The van der Waals surface area contributed by atoms with Gasteiger partial charge in [-0.2, -0.15) is 11.8 Å². The highest BCUT2D eigenvalue weighted by Gasteiger charge is 2.12. The summed E-state index contributed by atoms with van der Waals surface area (Å²) in [6.07, 6.45) is 2.71. The van der Waals surface area contributed by atoms with E-state index >= 15 is 0 Å².